The van der Waals surface area contributed by atoms with E-state index in [0.717, 1.165) is 30.7 Å². The highest BCUT2D eigenvalue weighted by Crippen LogP contribution is 2.23. The quantitative estimate of drug-likeness (QED) is 0.732. The lowest BCUT2D eigenvalue weighted by Gasteiger charge is -2.11. The third-order valence-electron chi connectivity index (χ3n) is 4.32. The minimum atomic E-state index is -0.239. The summed E-state index contributed by atoms with van der Waals surface area (Å²) in [5.41, 5.74) is 2.12. The van der Waals surface area contributed by atoms with Crippen LogP contribution in [0.15, 0.2) is 30.5 Å². The van der Waals surface area contributed by atoms with Crippen LogP contribution in [0.25, 0.3) is 16.9 Å². The Labute approximate surface area is 144 Å². The summed E-state index contributed by atoms with van der Waals surface area (Å²) >= 11 is 0. The summed E-state index contributed by atoms with van der Waals surface area (Å²) < 4.78 is 7.15. The van der Waals surface area contributed by atoms with Gasteiger partial charge >= 0.3 is 0 Å². The van der Waals surface area contributed by atoms with Gasteiger partial charge in [-0.15, -0.1) is 5.10 Å². The maximum atomic E-state index is 9.65. The van der Waals surface area contributed by atoms with Crippen molar-refractivity contribution in [2.45, 2.75) is 38.3 Å². The molecule has 2 heterocycles. The van der Waals surface area contributed by atoms with Gasteiger partial charge in [0.05, 0.1) is 24.6 Å². The van der Waals surface area contributed by atoms with Crippen LogP contribution >= 0.6 is 0 Å². The van der Waals surface area contributed by atoms with Gasteiger partial charge in [-0.3, -0.25) is 0 Å². The van der Waals surface area contributed by atoms with Crippen LogP contribution in [-0.2, 0) is 0 Å². The van der Waals surface area contributed by atoms with Crippen molar-refractivity contribution in [3.63, 3.8) is 0 Å². The van der Waals surface area contributed by atoms with E-state index in [-0.39, 0.29) is 12.1 Å². The zero-order valence-corrected chi connectivity index (χ0v) is 14.0. The van der Waals surface area contributed by atoms with E-state index in [1.165, 1.54) is 0 Å². The molecule has 130 valence electrons. The minimum Gasteiger partial charge on any atom is -0.494 e. The molecule has 2 aromatic heterocycles. The van der Waals surface area contributed by atoms with Crippen LogP contribution in [0.4, 0.5) is 5.95 Å². The summed E-state index contributed by atoms with van der Waals surface area (Å²) in [5.74, 6) is 1.34. The number of ether oxygens (including phenoxy) is 1. The van der Waals surface area contributed by atoms with Gasteiger partial charge in [0.2, 0.25) is 5.95 Å². The summed E-state index contributed by atoms with van der Waals surface area (Å²) in [6.45, 7) is 2.58. The average Bonchev–Trinajstić information content (AvgIpc) is 3.22. The Hall–Kier alpha value is -2.74. The Bertz CT molecular complexity index is 863. The molecule has 0 spiro atoms. The highest BCUT2D eigenvalue weighted by atomic mass is 16.5. The fraction of sp³-hybridized carbons (Fsp3) is 0.412. The lowest BCUT2D eigenvalue weighted by Crippen LogP contribution is -2.18. The molecule has 2 N–H and O–H groups in total. The second-order valence-electron chi connectivity index (χ2n) is 6.14. The monoisotopic (exact) mass is 340 g/mol. The second kappa shape index (κ2) is 6.64. The van der Waals surface area contributed by atoms with Crippen molar-refractivity contribution in [2.24, 2.45) is 0 Å². The molecule has 0 aliphatic heterocycles. The molecule has 0 amide bonds. The van der Waals surface area contributed by atoms with E-state index < -0.39 is 0 Å². The summed E-state index contributed by atoms with van der Waals surface area (Å²) in [7, 11) is 0. The number of nitrogens with zero attached hydrogens (tertiary/aromatic N) is 5. The number of benzene rings is 1. The second-order valence-corrected chi connectivity index (χ2v) is 6.14. The molecule has 1 aliphatic carbocycles. The predicted molar refractivity (Wildman–Crippen MR) is 92.9 cm³/mol. The first-order valence-corrected chi connectivity index (χ1v) is 8.49. The number of rotatable bonds is 5. The van der Waals surface area contributed by atoms with E-state index in [9.17, 15) is 5.11 Å². The Balaban J connectivity index is 1.62. The van der Waals surface area contributed by atoms with E-state index in [0.29, 0.717) is 23.7 Å². The van der Waals surface area contributed by atoms with Crippen molar-refractivity contribution in [2.75, 3.05) is 11.9 Å². The summed E-state index contributed by atoms with van der Waals surface area (Å²) in [6, 6.07) is 7.82. The molecule has 1 aromatic carbocycles. The number of aromatic nitrogens is 5. The zero-order chi connectivity index (χ0) is 17.2. The van der Waals surface area contributed by atoms with Crippen LogP contribution in [0.3, 0.4) is 0 Å². The summed E-state index contributed by atoms with van der Waals surface area (Å²) in [5, 5.41) is 21.3. The van der Waals surface area contributed by atoms with Gasteiger partial charge in [-0.2, -0.15) is 9.67 Å². The number of hydrogen-bond acceptors (Lipinski definition) is 7. The molecule has 0 unspecified atom stereocenters. The van der Waals surface area contributed by atoms with Crippen molar-refractivity contribution in [1.29, 1.82) is 0 Å². The highest BCUT2D eigenvalue weighted by molar-refractivity contribution is 5.72. The molecule has 1 aliphatic rings. The first-order valence-electron chi connectivity index (χ1n) is 8.49. The standard InChI is InChI=1S/C17H20N6O2/c1-2-25-14-7-4-12(5-8-14)23-16-15(21-22-23)10-18-17(20-16)19-11-3-6-13(24)9-11/h4-5,7-8,10-11,13,24H,2-3,6,9H2,1H3,(H,18,19,20)/t11-,13-/m1/s1. The number of aliphatic hydroxyl groups is 1. The molecule has 0 bridgehead atoms. The molecule has 4 rings (SSSR count). The van der Waals surface area contributed by atoms with E-state index in [4.69, 9.17) is 4.74 Å². The Morgan fingerprint density at radius 3 is 2.84 bits per heavy atom. The van der Waals surface area contributed by atoms with Crippen LogP contribution in [0.1, 0.15) is 26.2 Å². The SMILES string of the molecule is CCOc1ccc(-n2nnc3cnc(N[C@@H]4CC[C@@H](O)C4)nc32)cc1. The van der Waals surface area contributed by atoms with Gasteiger partial charge in [0.25, 0.3) is 0 Å². The molecular weight excluding hydrogens is 320 g/mol. The van der Waals surface area contributed by atoms with Crippen LogP contribution in [0.5, 0.6) is 5.75 Å². The number of hydrogen-bond donors (Lipinski definition) is 2. The maximum Gasteiger partial charge on any atom is 0.225 e. The Morgan fingerprint density at radius 1 is 1.28 bits per heavy atom. The van der Waals surface area contributed by atoms with Gasteiger partial charge in [0.1, 0.15) is 5.75 Å². The van der Waals surface area contributed by atoms with Gasteiger partial charge in [-0.05, 0) is 50.5 Å². The molecule has 2 atom stereocenters. The first-order chi connectivity index (χ1) is 12.2. The molecule has 8 nitrogen and oxygen atoms in total. The average molecular weight is 340 g/mol. The van der Waals surface area contributed by atoms with Crippen molar-refractivity contribution < 1.29 is 9.84 Å². The van der Waals surface area contributed by atoms with E-state index in [1.54, 1.807) is 10.9 Å². The largest absolute Gasteiger partial charge is 0.494 e. The minimum absolute atomic E-state index is 0.197. The lowest BCUT2D eigenvalue weighted by atomic mass is 10.2. The van der Waals surface area contributed by atoms with E-state index in [2.05, 4.69) is 25.6 Å². The predicted octanol–water partition coefficient (Wildman–Crippen LogP) is 1.93. The molecule has 1 saturated carbocycles. The zero-order valence-electron chi connectivity index (χ0n) is 14.0. The van der Waals surface area contributed by atoms with Crippen LogP contribution in [0.2, 0.25) is 0 Å². The van der Waals surface area contributed by atoms with Crippen LogP contribution in [-0.4, -0.2) is 48.8 Å². The number of aliphatic hydroxyl groups excluding tert-OH is 1. The fourth-order valence-electron chi connectivity index (χ4n) is 3.09. The smallest absolute Gasteiger partial charge is 0.225 e. The number of fused-ring (bicyclic) bond motifs is 1. The van der Waals surface area contributed by atoms with Crippen molar-refractivity contribution >= 4 is 17.1 Å². The topological polar surface area (TPSA) is 98.0 Å². The van der Waals surface area contributed by atoms with E-state index in [1.807, 2.05) is 31.2 Å². The number of nitrogens with one attached hydrogen (secondary N) is 1. The normalized spacial score (nSPS) is 20.1. The lowest BCUT2D eigenvalue weighted by molar-refractivity contribution is 0.182. The molecule has 3 aromatic rings. The number of anilines is 1. The van der Waals surface area contributed by atoms with Gasteiger partial charge < -0.3 is 15.2 Å². The highest BCUT2D eigenvalue weighted by Gasteiger charge is 2.23. The molecule has 25 heavy (non-hydrogen) atoms. The molecule has 0 saturated heterocycles. The third-order valence-corrected chi connectivity index (χ3v) is 4.32. The first kappa shape index (κ1) is 15.8. The summed E-state index contributed by atoms with van der Waals surface area (Å²) in [6.07, 6.45) is 3.87. The third kappa shape index (κ3) is 3.25. The van der Waals surface area contributed by atoms with Crippen molar-refractivity contribution in [1.82, 2.24) is 25.0 Å². The van der Waals surface area contributed by atoms with Gasteiger partial charge in [0, 0.05) is 6.04 Å². The van der Waals surface area contributed by atoms with Gasteiger partial charge in [-0.1, -0.05) is 5.21 Å². The van der Waals surface area contributed by atoms with Crippen LogP contribution in [0, 0.1) is 0 Å². The fourth-order valence-corrected chi connectivity index (χ4v) is 3.09. The van der Waals surface area contributed by atoms with Crippen LogP contribution < -0.4 is 10.1 Å². The van der Waals surface area contributed by atoms with E-state index >= 15 is 0 Å². The van der Waals surface area contributed by atoms with Gasteiger partial charge in [0.15, 0.2) is 11.2 Å². The van der Waals surface area contributed by atoms with Gasteiger partial charge in [-0.25, -0.2) is 4.98 Å². The maximum absolute atomic E-state index is 9.65. The molecule has 0 radical (unpaired) electrons. The Kier molecular flexibility index (Phi) is 4.19. The molecular formula is C17H20N6O2. The molecule has 1 fully saturated rings. The summed E-state index contributed by atoms with van der Waals surface area (Å²) in [4.78, 5) is 8.86. The van der Waals surface area contributed by atoms with Crippen molar-refractivity contribution in [3.8, 4) is 11.4 Å². The Morgan fingerprint density at radius 2 is 2.12 bits per heavy atom. The van der Waals surface area contributed by atoms with Crippen molar-refractivity contribution in [3.05, 3.63) is 30.5 Å². The molecule has 8 heteroatoms.